The first-order chi connectivity index (χ1) is 14.3. The molecule has 0 fully saturated rings. The molecule has 4 aromatic rings. The van der Waals surface area contributed by atoms with Gasteiger partial charge in [-0.15, -0.1) is 11.3 Å². The second-order valence-electron chi connectivity index (χ2n) is 6.34. The number of aromatic nitrogens is 2. The third kappa shape index (κ3) is 4.00. The van der Waals surface area contributed by atoms with Crippen molar-refractivity contribution in [2.75, 3.05) is 4.72 Å². The molecule has 0 unspecified atom stereocenters. The number of carbonyl (C=O) groups excluding carboxylic acids is 1. The average Bonchev–Trinajstić information content (AvgIpc) is 3.40. The van der Waals surface area contributed by atoms with Gasteiger partial charge < -0.3 is 4.42 Å². The van der Waals surface area contributed by atoms with Crippen molar-refractivity contribution in [3.63, 3.8) is 0 Å². The summed E-state index contributed by atoms with van der Waals surface area (Å²) in [4.78, 5) is 21.4. The molecular weight excluding hydrogens is 429 g/mol. The first-order valence-electron chi connectivity index (χ1n) is 8.62. The van der Waals surface area contributed by atoms with E-state index in [2.05, 4.69) is 14.7 Å². The van der Waals surface area contributed by atoms with E-state index in [9.17, 15) is 17.6 Å². The van der Waals surface area contributed by atoms with Crippen molar-refractivity contribution in [1.82, 2.24) is 9.97 Å². The van der Waals surface area contributed by atoms with Crippen molar-refractivity contribution in [2.24, 2.45) is 0 Å². The molecular formula is C20H14FN3O4S2. The van der Waals surface area contributed by atoms with Crippen LogP contribution < -0.4 is 4.72 Å². The quantitative estimate of drug-likeness (QED) is 0.446. The number of anilines is 1. The Morgan fingerprint density at radius 1 is 1.17 bits per heavy atom. The minimum atomic E-state index is -4.03. The van der Waals surface area contributed by atoms with Crippen molar-refractivity contribution in [3.8, 4) is 10.6 Å². The lowest BCUT2D eigenvalue weighted by molar-refractivity contribution is 0.103. The summed E-state index contributed by atoms with van der Waals surface area (Å²) in [5.41, 5.74) is 0.768. The van der Waals surface area contributed by atoms with Crippen LogP contribution in [0.3, 0.4) is 0 Å². The van der Waals surface area contributed by atoms with Gasteiger partial charge in [0.1, 0.15) is 10.0 Å². The third-order valence-electron chi connectivity index (χ3n) is 4.11. The first kappa shape index (κ1) is 19.9. The Labute approximate surface area is 175 Å². The molecule has 0 saturated heterocycles. The molecule has 4 rings (SSSR count). The molecule has 0 bridgehead atoms. The van der Waals surface area contributed by atoms with Gasteiger partial charge >= 0.3 is 0 Å². The highest BCUT2D eigenvalue weighted by atomic mass is 32.2. The Morgan fingerprint density at radius 3 is 2.73 bits per heavy atom. The van der Waals surface area contributed by atoms with Gasteiger partial charge in [0.05, 0.1) is 16.6 Å². The molecule has 0 spiro atoms. The normalized spacial score (nSPS) is 11.4. The van der Waals surface area contributed by atoms with Crippen LogP contribution in [0.1, 0.15) is 21.5 Å². The van der Waals surface area contributed by atoms with E-state index in [0.717, 1.165) is 17.4 Å². The van der Waals surface area contributed by atoms with Crippen LogP contribution in [-0.4, -0.2) is 24.2 Å². The molecule has 1 N–H and O–H groups in total. The van der Waals surface area contributed by atoms with E-state index >= 15 is 0 Å². The number of ketones is 1. The van der Waals surface area contributed by atoms with Crippen molar-refractivity contribution in [2.45, 2.75) is 11.1 Å². The summed E-state index contributed by atoms with van der Waals surface area (Å²) in [6.07, 6.45) is 4.17. The van der Waals surface area contributed by atoms with Crippen LogP contribution in [0.5, 0.6) is 0 Å². The van der Waals surface area contributed by atoms with Gasteiger partial charge in [0.15, 0.2) is 23.8 Å². The SMILES string of the molecule is Cc1cnc(NS(=O)(=O)c2ccc(-c3cnco3)s2)c(C(=O)c2cccc(F)c2)c1. The largest absolute Gasteiger partial charge is 0.443 e. The Morgan fingerprint density at radius 2 is 2.00 bits per heavy atom. The lowest BCUT2D eigenvalue weighted by atomic mass is 10.0. The van der Waals surface area contributed by atoms with Gasteiger partial charge in [-0.05, 0) is 42.8 Å². The Hall–Kier alpha value is -3.37. The second kappa shape index (κ2) is 7.81. The number of carbonyl (C=O) groups is 1. The fraction of sp³-hybridized carbons (Fsp3) is 0.0500. The zero-order chi connectivity index (χ0) is 21.3. The number of nitrogens with one attached hydrogen (secondary N) is 1. The van der Waals surface area contributed by atoms with Gasteiger partial charge in [0, 0.05) is 11.8 Å². The lowest BCUT2D eigenvalue weighted by Gasteiger charge is -2.11. The average molecular weight is 443 g/mol. The van der Waals surface area contributed by atoms with E-state index in [-0.39, 0.29) is 21.2 Å². The van der Waals surface area contributed by atoms with Crippen LogP contribution >= 0.6 is 11.3 Å². The van der Waals surface area contributed by atoms with Gasteiger partial charge in [-0.2, -0.15) is 0 Å². The number of nitrogens with zero attached hydrogens (tertiary/aromatic N) is 2. The third-order valence-corrected chi connectivity index (χ3v) is 7.04. The lowest BCUT2D eigenvalue weighted by Crippen LogP contribution is -2.16. The highest BCUT2D eigenvalue weighted by Crippen LogP contribution is 2.32. The number of halogens is 1. The number of oxazole rings is 1. The fourth-order valence-electron chi connectivity index (χ4n) is 2.72. The van der Waals surface area contributed by atoms with Crippen LogP contribution in [0, 0.1) is 12.7 Å². The number of hydrogen-bond donors (Lipinski definition) is 1. The number of sulfonamides is 1. The van der Waals surface area contributed by atoms with E-state index in [0.29, 0.717) is 16.2 Å². The monoisotopic (exact) mass is 443 g/mol. The van der Waals surface area contributed by atoms with Gasteiger partial charge in [-0.1, -0.05) is 12.1 Å². The maximum atomic E-state index is 13.5. The van der Waals surface area contributed by atoms with Crippen LogP contribution in [-0.2, 0) is 10.0 Å². The fourth-order valence-corrected chi connectivity index (χ4v) is 5.01. The predicted molar refractivity (Wildman–Crippen MR) is 109 cm³/mol. The number of rotatable bonds is 6. The number of hydrogen-bond acceptors (Lipinski definition) is 7. The van der Waals surface area contributed by atoms with Crippen molar-refractivity contribution in [1.29, 1.82) is 0 Å². The van der Waals surface area contributed by atoms with Crippen molar-refractivity contribution >= 4 is 33.0 Å². The van der Waals surface area contributed by atoms with E-state index < -0.39 is 21.6 Å². The van der Waals surface area contributed by atoms with Crippen LogP contribution in [0.15, 0.2) is 69.9 Å². The Balaban J connectivity index is 1.69. The van der Waals surface area contributed by atoms with Gasteiger partial charge in [0.25, 0.3) is 10.0 Å². The molecule has 0 aliphatic rings. The molecule has 0 atom stereocenters. The van der Waals surface area contributed by atoms with E-state index in [1.54, 1.807) is 13.0 Å². The zero-order valence-electron chi connectivity index (χ0n) is 15.5. The standard InChI is InChI=1S/C20H14FN3O4S2/c1-12-7-15(19(25)13-3-2-4-14(21)8-13)20(23-9-12)24-30(26,27)18-6-5-17(29-18)16-10-22-11-28-16/h2-11H,1H3,(H,23,24). The summed E-state index contributed by atoms with van der Waals surface area (Å²) in [5.74, 6) is -0.805. The smallest absolute Gasteiger partial charge is 0.272 e. The second-order valence-corrected chi connectivity index (χ2v) is 9.33. The zero-order valence-corrected chi connectivity index (χ0v) is 17.1. The number of pyridine rings is 1. The van der Waals surface area contributed by atoms with Gasteiger partial charge in [0.2, 0.25) is 0 Å². The molecule has 152 valence electrons. The summed E-state index contributed by atoms with van der Waals surface area (Å²) in [6, 6.07) is 9.70. The highest BCUT2D eigenvalue weighted by Gasteiger charge is 2.23. The van der Waals surface area contributed by atoms with Crippen molar-refractivity contribution in [3.05, 3.63) is 83.8 Å². The van der Waals surface area contributed by atoms with Gasteiger partial charge in [-0.25, -0.2) is 22.8 Å². The molecule has 3 heterocycles. The Kier molecular flexibility index (Phi) is 5.18. The summed E-state index contributed by atoms with van der Waals surface area (Å²) >= 11 is 0.986. The maximum absolute atomic E-state index is 13.5. The van der Waals surface area contributed by atoms with E-state index in [1.165, 1.54) is 49.1 Å². The molecule has 7 nitrogen and oxygen atoms in total. The Bertz CT molecular complexity index is 1330. The van der Waals surface area contributed by atoms with Crippen LogP contribution in [0.2, 0.25) is 0 Å². The first-order valence-corrected chi connectivity index (χ1v) is 10.9. The van der Waals surface area contributed by atoms with E-state index in [4.69, 9.17) is 4.42 Å². The minimum Gasteiger partial charge on any atom is -0.443 e. The van der Waals surface area contributed by atoms with Crippen LogP contribution in [0.25, 0.3) is 10.6 Å². The predicted octanol–water partition coefficient (Wildman–Crippen LogP) is 4.28. The molecule has 1 aromatic carbocycles. The van der Waals surface area contributed by atoms with Gasteiger partial charge in [-0.3, -0.25) is 9.52 Å². The molecule has 0 radical (unpaired) electrons. The summed E-state index contributed by atoms with van der Waals surface area (Å²) in [7, 11) is -4.03. The molecule has 0 aliphatic heterocycles. The molecule has 0 amide bonds. The molecule has 10 heteroatoms. The molecule has 3 aromatic heterocycles. The maximum Gasteiger partial charge on any atom is 0.272 e. The minimum absolute atomic E-state index is 0.0143. The number of thiophene rings is 1. The molecule has 30 heavy (non-hydrogen) atoms. The van der Waals surface area contributed by atoms with Crippen molar-refractivity contribution < 1.29 is 22.0 Å². The summed E-state index contributed by atoms with van der Waals surface area (Å²) < 4.78 is 46.9. The topological polar surface area (TPSA) is 102 Å². The highest BCUT2D eigenvalue weighted by molar-refractivity contribution is 7.94. The summed E-state index contributed by atoms with van der Waals surface area (Å²) in [6.45, 7) is 1.72. The molecule has 0 aliphatic carbocycles. The number of benzene rings is 1. The van der Waals surface area contributed by atoms with Crippen LogP contribution in [0.4, 0.5) is 10.2 Å². The van der Waals surface area contributed by atoms with E-state index in [1.807, 2.05) is 0 Å². The summed E-state index contributed by atoms with van der Waals surface area (Å²) in [5, 5.41) is 0. The molecule has 0 saturated carbocycles. The number of aryl methyl sites for hydroxylation is 1.